The van der Waals surface area contributed by atoms with Gasteiger partial charge in [-0.05, 0) is 37.6 Å². The van der Waals surface area contributed by atoms with Crippen molar-refractivity contribution >= 4 is 28.2 Å². The summed E-state index contributed by atoms with van der Waals surface area (Å²) in [4.78, 5) is 21.4. The van der Waals surface area contributed by atoms with Crippen molar-refractivity contribution in [1.29, 1.82) is 0 Å². The lowest BCUT2D eigenvalue weighted by Gasteiger charge is -2.08. The van der Waals surface area contributed by atoms with Gasteiger partial charge in [-0.1, -0.05) is 15.9 Å². The Labute approximate surface area is 96.6 Å². The van der Waals surface area contributed by atoms with Gasteiger partial charge in [-0.3, -0.25) is 9.59 Å². The van der Waals surface area contributed by atoms with Crippen LogP contribution in [0, 0.1) is 6.92 Å². The smallest absolute Gasteiger partial charge is 0.324 e. The number of hydrogen-bond acceptors (Lipinski definition) is 3. The largest absolute Gasteiger partial charge is 0.425 e. The van der Waals surface area contributed by atoms with E-state index in [0.29, 0.717) is 11.3 Å². The van der Waals surface area contributed by atoms with Crippen LogP contribution in [0.15, 0.2) is 18.2 Å². The molecule has 0 saturated carbocycles. The second-order valence-electron chi connectivity index (χ2n) is 3.18. The van der Waals surface area contributed by atoms with Gasteiger partial charge >= 0.3 is 5.97 Å². The van der Waals surface area contributed by atoms with Crippen molar-refractivity contribution in [3.8, 4) is 5.75 Å². The van der Waals surface area contributed by atoms with Crippen molar-refractivity contribution in [1.82, 2.24) is 0 Å². The van der Waals surface area contributed by atoms with Gasteiger partial charge in [0.25, 0.3) is 0 Å². The molecule has 0 fully saturated rings. The Hall–Kier alpha value is -1.16. The molecule has 1 rings (SSSR count). The number of benzene rings is 1. The van der Waals surface area contributed by atoms with Crippen LogP contribution >= 0.6 is 15.9 Å². The number of ether oxygens (including phenoxy) is 1. The number of aryl methyl sites for hydroxylation is 1. The Balaban J connectivity index is 2.87. The van der Waals surface area contributed by atoms with Crippen LogP contribution in [0.3, 0.4) is 0 Å². The Morgan fingerprint density at radius 2 is 2.20 bits per heavy atom. The number of esters is 1. The number of halogens is 1. The molecule has 0 aliphatic rings. The Morgan fingerprint density at radius 1 is 1.53 bits per heavy atom. The first-order chi connectivity index (χ1) is 7.04. The molecular weight excluding hydrogens is 260 g/mol. The van der Waals surface area contributed by atoms with Crippen molar-refractivity contribution in [3.05, 3.63) is 29.3 Å². The molecule has 1 atom stereocenters. The highest BCUT2D eigenvalue weighted by Gasteiger charge is 2.12. The molecule has 0 aromatic heterocycles. The van der Waals surface area contributed by atoms with Crippen LogP contribution in [0.2, 0.25) is 0 Å². The summed E-state index contributed by atoms with van der Waals surface area (Å²) in [6.07, 6.45) is 0.756. The van der Waals surface area contributed by atoms with Crippen molar-refractivity contribution in [2.75, 3.05) is 0 Å². The molecule has 0 spiro atoms. The quantitative estimate of drug-likeness (QED) is 0.367. The third kappa shape index (κ3) is 3.16. The number of carbonyl (C=O) groups is 2. The van der Waals surface area contributed by atoms with E-state index in [0.717, 1.165) is 11.8 Å². The van der Waals surface area contributed by atoms with E-state index in [1.165, 1.54) is 0 Å². The molecule has 0 radical (unpaired) electrons. The van der Waals surface area contributed by atoms with E-state index < -0.39 is 0 Å². The number of alkyl halides is 1. The first-order valence-corrected chi connectivity index (χ1v) is 5.37. The van der Waals surface area contributed by atoms with Crippen LogP contribution in [0.25, 0.3) is 0 Å². The predicted molar refractivity (Wildman–Crippen MR) is 60.6 cm³/mol. The van der Waals surface area contributed by atoms with E-state index in [4.69, 9.17) is 4.74 Å². The highest BCUT2D eigenvalue weighted by molar-refractivity contribution is 9.10. The van der Waals surface area contributed by atoms with Gasteiger partial charge in [0.15, 0.2) is 0 Å². The van der Waals surface area contributed by atoms with Gasteiger partial charge in [0.1, 0.15) is 16.9 Å². The fourth-order valence-corrected chi connectivity index (χ4v) is 1.14. The summed E-state index contributed by atoms with van der Waals surface area (Å²) in [5.74, 6) is 0.133. The van der Waals surface area contributed by atoms with Gasteiger partial charge in [-0.15, -0.1) is 0 Å². The summed E-state index contributed by atoms with van der Waals surface area (Å²) in [6.45, 7) is 3.48. The zero-order valence-corrected chi connectivity index (χ0v) is 10.1. The lowest BCUT2D eigenvalue weighted by atomic mass is 10.1. The van der Waals surface area contributed by atoms with Gasteiger partial charge in [0.05, 0.1) is 0 Å². The molecule has 0 aliphatic carbocycles. The van der Waals surface area contributed by atoms with Gasteiger partial charge in [-0.25, -0.2) is 0 Å². The first-order valence-electron chi connectivity index (χ1n) is 4.46. The molecular formula is C11H11BrO3. The minimum absolute atomic E-state index is 0.345. The fourth-order valence-electron chi connectivity index (χ4n) is 1.05. The van der Waals surface area contributed by atoms with E-state index in [1.807, 2.05) is 0 Å². The third-order valence-corrected chi connectivity index (χ3v) is 2.24. The van der Waals surface area contributed by atoms with Crippen LogP contribution in [0.4, 0.5) is 0 Å². The molecule has 1 aromatic carbocycles. The van der Waals surface area contributed by atoms with Crippen LogP contribution in [-0.4, -0.2) is 17.1 Å². The maximum Gasteiger partial charge on any atom is 0.324 e. The average molecular weight is 271 g/mol. The standard InChI is InChI=1S/C11H11BrO3/c1-7-5-9(6-13)3-4-10(7)15-11(14)8(2)12/h3-6,8H,1-2H3. The molecule has 0 aliphatic heterocycles. The van der Waals surface area contributed by atoms with Crippen molar-refractivity contribution in [3.63, 3.8) is 0 Å². The fraction of sp³-hybridized carbons (Fsp3) is 0.273. The van der Waals surface area contributed by atoms with Gasteiger partial charge in [0, 0.05) is 5.56 Å². The number of carbonyl (C=O) groups excluding carboxylic acids is 2. The third-order valence-electron chi connectivity index (χ3n) is 1.87. The predicted octanol–water partition coefficient (Wildman–Crippen LogP) is 2.50. The van der Waals surface area contributed by atoms with Gasteiger partial charge in [0.2, 0.25) is 0 Å². The minimum Gasteiger partial charge on any atom is -0.425 e. The summed E-state index contributed by atoms with van der Waals surface area (Å²) in [5, 5.41) is 0. The van der Waals surface area contributed by atoms with Crippen molar-refractivity contribution in [2.24, 2.45) is 0 Å². The topological polar surface area (TPSA) is 43.4 Å². The number of rotatable bonds is 3. The van der Waals surface area contributed by atoms with Gasteiger partial charge in [-0.2, -0.15) is 0 Å². The SMILES string of the molecule is Cc1cc(C=O)ccc1OC(=O)C(C)Br. The monoisotopic (exact) mass is 270 g/mol. The molecule has 4 heteroatoms. The second-order valence-corrected chi connectivity index (χ2v) is 4.55. The highest BCUT2D eigenvalue weighted by Crippen LogP contribution is 2.19. The van der Waals surface area contributed by atoms with E-state index in [1.54, 1.807) is 32.0 Å². The van der Waals surface area contributed by atoms with Crippen molar-refractivity contribution in [2.45, 2.75) is 18.7 Å². The van der Waals surface area contributed by atoms with Crippen LogP contribution < -0.4 is 4.74 Å². The maximum absolute atomic E-state index is 11.3. The van der Waals surface area contributed by atoms with E-state index in [-0.39, 0.29) is 10.8 Å². The normalized spacial score (nSPS) is 11.9. The molecule has 3 nitrogen and oxygen atoms in total. The Morgan fingerprint density at radius 3 is 2.67 bits per heavy atom. The molecule has 0 saturated heterocycles. The molecule has 0 N–H and O–H groups in total. The molecule has 15 heavy (non-hydrogen) atoms. The zero-order chi connectivity index (χ0) is 11.4. The lowest BCUT2D eigenvalue weighted by molar-refractivity contribution is -0.133. The first kappa shape index (κ1) is 11.9. The second kappa shape index (κ2) is 5.07. The molecule has 80 valence electrons. The van der Waals surface area contributed by atoms with Crippen LogP contribution in [0.1, 0.15) is 22.8 Å². The van der Waals surface area contributed by atoms with Crippen LogP contribution in [0.5, 0.6) is 5.75 Å². The van der Waals surface area contributed by atoms with Gasteiger partial charge < -0.3 is 4.74 Å². The Kier molecular flexibility index (Phi) is 4.03. The molecule has 1 unspecified atom stereocenters. The summed E-state index contributed by atoms with van der Waals surface area (Å²) in [6, 6.07) is 4.91. The van der Waals surface area contributed by atoms with Crippen LogP contribution in [-0.2, 0) is 4.79 Å². The number of hydrogen-bond donors (Lipinski definition) is 0. The maximum atomic E-state index is 11.3. The molecule has 0 amide bonds. The lowest BCUT2D eigenvalue weighted by Crippen LogP contribution is -2.17. The highest BCUT2D eigenvalue weighted by atomic mass is 79.9. The minimum atomic E-state index is -0.350. The number of aldehydes is 1. The summed E-state index contributed by atoms with van der Waals surface area (Å²) in [5.41, 5.74) is 1.33. The summed E-state index contributed by atoms with van der Waals surface area (Å²) < 4.78 is 5.10. The van der Waals surface area contributed by atoms with E-state index in [9.17, 15) is 9.59 Å². The average Bonchev–Trinajstić information content (AvgIpc) is 2.20. The van der Waals surface area contributed by atoms with E-state index in [2.05, 4.69) is 15.9 Å². The molecule has 0 bridgehead atoms. The molecule has 1 aromatic rings. The summed E-state index contributed by atoms with van der Waals surface area (Å²) in [7, 11) is 0. The zero-order valence-electron chi connectivity index (χ0n) is 8.49. The van der Waals surface area contributed by atoms with Crippen molar-refractivity contribution < 1.29 is 14.3 Å². The van der Waals surface area contributed by atoms with E-state index >= 15 is 0 Å². The summed E-state index contributed by atoms with van der Waals surface area (Å²) >= 11 is 3.12. The Bertz CT molecular complexity index is 385. The molecule has 0 heterocycles.